The Hall–Kier alpha value is -2.20. The maximum absolute atomic E-state index is 12.1. The largest absolute Gasteiger partial charge is 0.335 e. The van der Waals surface area contributed by atoms with Gasteiger partial charge in [0.1, 0.15) is 16.7 Å². The molecule has 0 saturated heterocycles. The summed E-state index contributed by atoms with van der Waals surface area (Å²) in [6.45, 7) is 4.03. The van der Waals surface area contributed by atoms with E-state index in [9.17, 15) is 4.79 Å². The lowest BCUT2D eigenvalue weighted by Gasteiger charge is -2.12. The summed E-state index contributed by atoms with van der Waals surface area (Å²) in [5.74, 6) is 0.0323. The highest BCUT2D eigenvalue weighted by Gasteiger charge is 2.17. The van der Waals surface area contributed by atoms with Crippen LogP contribution in [0, 0.1) is 17.2 Å². The number of aromatic nitrogens is 3. The van der Waals surface area contributed by atoms with Gasteiger partial charge in [-0.1, -0.05) is 13.8 Å². The molecule has 2 aromatic rings. The van der Waals surface area contributed by atoms with Crippen molar-refractivity contribution < 1.29 is 4.79 Å². The van der Waals surface area contributed by atoms with Crippen LogP contribution in [0.2, 0.25) is 0 Å². The van der Waals surface area contributed by atoms with Gasteiger partial charge in [-0.05, 0) is 12.3 Å². The Morgan fingerprint density at radius 2 is 2.33 bits per heavy atom. The number of amides is 1. The average molecular weight is 303 g/mol. The fourth-order valence-electron chi connectivity index (χ4n) is 1.89. The van der Waals surface area contributed by atoms with Gasteiger partial charge in [0, 0.05) is 24.2 Å². The minimum absolute atomic E-state index is 0.311. The van der Waals surface area contributed by atoms with Crippen molar-refractivity contribution in [2.24, 2.45) is 13.0 Å². The molecule has 2 heterocycles. The van der Waals surface area contributed by atoms with Gasteiger partial charge in [-0.2, -0.15) is 10.4 Å². The van der Waals surface area contributed by atoms with Gasteiger partial charge < -0.3 is 5.32 Å². The molecule has 0 aliphatic carbocycles. The number of carbonyl (C=O) groups is 1. The first kappa shape index (κ1) is 15.2. The number of hydrogen-bond donors (Lipinski definition) is 1. The SMILES string of the molecule is CC(C)C[C@H](C#N)NC(=O)c1csc(-c2cnn(C)c2)n1. The number of rotatable bonds is 5. The molecule has 0 bridgehead atoms. The van der Waals surface area contributed by atoms with Crippen molar-refractivity contribution in [3.05, 3.63) is 23.5 Å². The Kier molecular flexibility index (Phi) is 4.70. The Morgan fingerprint density at radius 3 is 2.90 bits per heavy atom. The number of carbonyl (C=O) groups excluding carboxylic acids is 1. The second-order valence-corrected chi connectivity index (χ2v) is 6.08. The van der Waals surface area contributed by atoms with Crippen LogP contribution in [0.25, 0.3) is 10.6 Å². The highest BCUT2D eigenvalue weighted by Crippen LogP contribution is 2.22. The summed E-state index contributed by atoms with van der Waals surface area (Å²) >= 11 is 1.38. The lowest BCUT2D eigenvalue weighted by atomic mass is 10.0. The summed E-state index contributed by atoms with van der Waals surface area (Å²) in [5.41, 5.74) is 1.21. The summed E-state index contributed by atoms with van der Waals surface area (Å²) in [4.78, 5) is 16.4. The molecule has 1 atom stereocenters. The van der Waals surface area contributed by atoms with Gasteiger partial charge >= 0.3 is 0 Å². The van der Waals surface area contributed by atoms with E-state index in [0.717, 1.165) is 10.6 Å². The van der Waals surface area contributed by atoms with Crippen LogP contribution < -0.4 is 5.32 Å². The van der Waals surface area contributed by atoms with Gasteiger partial charge in [0.2, 0.25) is 0 Å². The Morgan fingerprint density at radius 1 is 1.57 bits per heavy atom. The summed E-state index contributed by atoms with van der Waals surface area (Å²) in [7, 11) is 1.83. The second-order valence-electron chi connectivity index (χ2n) is 5.23. The quantitative estimate of drug-likeness (QED) is 0.918. The second kappa shape index (κ2) is 6.50. The summed E-state index contributed by atoms with van der Waals surface area (Å²) < 4.78 is 1.69. The van der Waals surface area contributed by atoms with Gasteiger partial charge in [-0.25, -0.2) is 4.98 Å². The molecule has 0 radical (unpaired) electrons. The molecule has 1 amide bonds. The maximum Gasteiger partial charge on any atom is 0.271 e. The van der Waals surface area contributed by atoms with E-state index >= 15 is 0 Å². The lowest BCUT2D eigenvalue weighted by molar-refractivity contribution is 0.0938. The van der Waals surface area contributed by atoms with E-state index in [2.05, 4.69) is 21.5 Å². The van der Waals surface area contributed by atoms with E-state index in [0.29, 0.717) is 18.0 Å². The molecule has 7 heteroatoms. The zero-order valence-electron chi connectivity index (χ0n) is 12.2. The molecule has 0 aliphatic rings. The topological polar surface area (TPSA) is 83.6 Å². The zero-order valence-corrected chi connectivity index (χ0v) is 13.0. The molecular formula is C14H17N5OS. The van der Waals surface area contributed by atoms with Crippen molar-refractivity contribution in [1.29, 1.82) is 5.26 Å². The number of hydrogen-bond acceptors (Lipinski definition) is 5. The molecule has 110 valence electrons. The molecular weight excluding hydrogens is 286 g/mol. The molecule has 6 nitrogen and oxygen atoms in total. The minimum atomic E-state index is -0.485. The smallest absolute Gasteiger partial charge is 0.271 e. The van der Waals surface area contributed by atoms with Crippen molar-refractivity contribution in [2.45, 2.75) is 26.3 Å². The Labute approximate surface area is 127 Å². The third-order valence-electron chi connectivity index (χ3n) is 2.86. The first-order valence-electron chi connectivity index (χ1n) is 6.64. The van der Waals surface area contributed by atoms with Crippen LogP contribution in [0.1, 0.15) is 30.8 Å². The average Bonchev–Trinajstić information content (AvgIpc) is 3.05. The van der Waals surface area contributed by atoms with Crippen LogP contribution in [0.3, 0.4) is 0 Å². The highest BCUT2D eigenvalue weighted by molar-refractivity contribution is 7.13. The van der Waals surface area contributed by atoms with Gasteiger partial charge in [0.25, 0.3) is 5.91 Å². The number of nitrogens with one attached hydrogen (secondary N) is 1. The van der Waals surface area contributed by atoms with Gasteiger partial charge in [0.05, 0.1) is 12.3 Å². The molecule has 0 unspecified atom stereocenters. The number of nitriles is 1. The fourth-order valence-corrected chi connectivity index (χ4v) is 2.67. The van der Waals surface area contributed by atoms with E-state index in [1.54, 1.807) is 16.3 Å². The predicted octanol–water partition coefficient (Wildman–Crippen LogP) is 2.21. The maximum atomic E-state index is 12.1. The molecule has 0 aromatic carbocycles. The normalized spacial score (nSPS) is 12.1. The molecule has 2 aromatic heterocycles. The molecule has 1 N–H and O–H groups in total. The van der Waals surface area contributed by atoms with Crippen LogP contribution in [-0.4, -0.2) is 26.7 Å². The van der Waals surface area contributed by atoms with Crippen LogP contribution in [0.15, 0.2) is 17.8 Å². The molecule has 0 aliphatic heterocycles. The standard InChI is InChI=1S/C14H17N5OS/c1-9(2)4-11(5-15)17-13(20)12-8-21-14(18-12)10-6-16-19(3)7-10/h6-9,11H,4H2,1-3H3,(H,17,20)/t11-/m1/s1. The van der Waals surface area contributed by atoms with Crippen molar-refractivity contribution in [3.63, 3.8) is 0 Å². The minimum Gasteiger partial charge on any atom is -0.335 e. The van der Waals surface area contributed by atoms with E-state index in [1.807, 2.05) is 27.1 Å². The molecule has 0 saturated carbocycles. The third-order valence-corrected chi connectivity index (χ3v) is 3.75. The summed E-state index contributed by atoms with van der Waals surface area (Å²) in [5, 5.41) is 18.3. The molecule has 0 fully saturated rings. The number of aryl methyl sites for hydroxylation is 1. The van der Waals surface area contributed by atoms with Crippen molar-refractivity contribution >= 4 is 17.2 Å². The summed E-state index contributed by atoms with van der Waals surface area (Å²) in [6.07, 6.45) is 4.18. The van der Waals surface area contributed by atoms with Gasteiger partial charge in [-0.15, -0.1) is 11.3 Å². The van der Waals surface area contributed by atoms with Crippen molar-refractivity contribution in [2.75, 3.05) is 0 Å². The van der Waals surface area contributed by atoms with E-state index in [1.165, 1.54) is 11.3 Å². The van der Waals surface area contributed by atoms with Gasteiger partial charge in [0.15, 0.2) is 0 Å². The Balaban J connectivity index is 2.07. The highest BCUT2D eigenvalue weighted by atomic mass is 32.1. The van der Waals surface area contributed by atoms with Crippen LogP contribution in [-0.2, 0) is 7.05 Å². The molecule has 21 heavy (non-hydrogen) atoms. The van der Waals surface area contributed by atoms with Crippen LogP contribution in [0.5, 0.6) is 0 Å². The molecule has 0 spiro atoms. The first-order valence-corrected chi connectivity index (χ1v) is 7.52. The van der Waals surface area contributed by atoms with Crippen molar-refractivity contribution in [1.82, 2.24) is 20.1 Å². The van der Waals surface area contributed by atoms with E-state index in [4.69, 9.17) is 5.26 Å². The monoisotopic (exact) mass is 303 g/mol. The third kappa shape index (κ3) is 3.89. The number of thiazole rings is 1. The lowest BCUT2D eigenvalue weighted by Crippen LogP contribution is -2.34. The first-order chi connectivity index (χ1) is 9.99. The van der Waals surface area contributed by atoms with E-state index < -0.39 is 6.04 Å². The predicted molar refractivity (Wildman–Crippen MR) is 80.6 cm³/mol. The number of nitrogens with zero attached hydrogens (tertiary/aromatic N) is 4. The van der Waals surface area contributed by atoms with Crippen LogP contribution >= 0.6 is 11.3 Å². The fraction of sp³-hybridized carbons (Fsp3) is 0.429. The Bertz CT molecular complexity index is 667. The zero-order chi connectivity index (χ0) is 15.4. The van der Waals surface area contributed by atoms with E-state index in [-0.39, 0.29) is 5.91 Å². The summed E-state index contributed by atoms with van der Waals surface area (Å²) in [6, 6.07) is 1.62. The van der Waals surface area contributed by atoms with Gasteiger partial charge in [-0.3, -0.25) is 9.48 Å². The van der Waals surface area contributed by atoms with Crippen molar-refractivity contribution in [3.8, 4) is 16.6 Å². The van der Waals surface area contributed by atoms with Crippen LogP contribution in [0.4, 0.5) is 0 Å². The molecule has 2 rings (SSSR count).